The van der Waals surface area contributed by atoms with Gasteiger partial charge in [0.1, 0.15) is 0 Å². The van der Waals surface area contributed by atoms with Crippen LogP contribution in [0.15, 0.2) is 0 Å². The van der Waals surface area contributed by atoms with Gasteiger partial charge in [-0.1, -0.05) is 0 Å². The van der Waals surface area contributed by atoms with Crippen molar-refractivity contribution in [2.24, 2.45) is 34.5 Å². The molecule has 0 amide bonds. The molecule has 5 fully saturated rings. The maximum atomic E-state index is 1.67. The van der Waals surface area contributed by atoms with E-state index in [4.69, 9.17) is 0 Å². The molecule has 0 saturated heterocycles. The van der Waals surface area contributed by atoms with Crippen LogP contribution in [0, 0.1) is 34.5 Å². The zero-order valence-corrected chi connectivity index (χ0v) is 9.67. The average molecular weight is 202 g/mol. The molecule has 2 spiro atoms. The second-order valence-electron chi connectivity index (χ2n) is 7.63. The highest BCUT2D eigenvalue weighted by atomic mass is 14.8. The van der Waals surface area contributed by atoms with Crippen LogP contribution in [0.1, 0.15) is 57.8 Å². The van der Waals surface area contributed by atoms with E-state index in [0.717, 1.165) is 10.8 Å². The summed E-state index contributed by atoms with van der Waals surface area (Å²) in [6.07, 6.45) is 14.8. The number of fused-ring (bicyclic) bond motifs is 2. The Labute approximate surface area is 92.8 Å². The summed E-state index contributed by atoms with van der Waals surface area (Å²) < 4.78 is 0. The van der Waals surface area contributed by atoms with Crippen LogP contribution < -0.4 is 0 Å². The molecule has 0 nitrogen and oxygen atoms in total. The molecular weight excluding hydrogens is 180 g/mol. The van der Waals surface area contributed by atoms with E-state index in [9.17, 15) is 0 Å². The third kappa shape index (κ3) is 0.666. The van der Waals surface area contributed by atoms with Gasteiger partial charge in [0.05, 0.1) is 0 Å². The van der Waals surface area contributed by atoms with Gasteiger partial charge in [-0.3, -0.25) is 0 Å². The molecule has 5 saturated carbocycles. The van der Waals surface area contributed by atoms with E-state index in [1.54, 1.807) is 57.8 Å². The highest BCUT2D eigenvalue weighted by molar-refractivity contribution is 5.21. The lowest BCUT2D eigenvalue weighted by Crippen LogP contribution is -2.37. The van der Waals surface area contributed by atoms with Crippen molar-refractivity contribution in [1.82, 2.24) is 0 Å². The number of hydrogen-bond donors (Lipinski definition) is 0. The highest BCUT2D eigenvalue weighted by Gasteiger charge is 2.72. The average Bonchev–Trinajstić information content (AvgIpc) is 2.96. The van der Waals surface area contributed by atoms with E-state index in [1.165, 1.54) is 23.7 Å². The Bertz CT molecular complexity index is 301. The molecule has 0 N–H and O–H groups in total. The van der Waals surface area contributed by atoms with Crippen LogP contribution in [0.25, 0.3) is 0 Å². The van der Waals surface area contributed by atoms with Crippen LogP contribution in [-0.2, 0) is 0 Å². The van der Waals surface area contributed by atoms with Gasteiger partial charge in [-0.2, -0.15) is 0 Å². The molecule has 82 valence electrons. The molecule has 15 heavy (non-hydrogen) atoms. The van der Waals surface area contributed by atoms with E-state index in [1.807, 2.05) is 0 Å². The molecule has 0 aromatic carbocycles. The van der Waals surface area contributed by atoms with Crippen molar-refractivity contribution in [2.75, 3.05) is 0 Å². The summed E-state index contributed by atoms with van der Waals surface area (Å²) in [6.45, 7) is 0. The van der Waals surface area contributed by atoms with Crippen molar-refractivity contribution >= 4 is 0 Å². The standard InChI is InChI=1S/C15H22/c1-3-14-8-10(1)5-12(14)7-13-6-11-2-4-15(13,14)9-11/h10-13H,1-9H2. The summed E-state index contributed by atoms with van der Waals surface area (Å²) in [7, 11) is 0. The van der Waals surface area contributed by atoms with Crippen molar-refractivity contribution < 1.29 is 0 Å². The van der Waals surface area contributed by atoms with E-state index < -0.39 is 0 Å². The first-order valence-corrected chi connectivity index (χ1v) is 7.32. The lowest BCUT2D eigenvalue weighted by atomic mass is 9.60. The van der Waals surface area contributed by atoms with Crippen molar-refractivity contribution in [1.29, 1.82) is 0 Å². The summed E-state index contributed by atoms with van der Waals surface area (Å²) in [5.74, 6) is 4.73. The second-order valence-corrected chi connectivity index (χ2v) is 7.63. The lowest BCUT2D eigenvalue weighted by Gasteiger charge is -2.44. The van der Waals surface area contributed by atoms with Crippen molar-refractivity contribution in [3.05, 3.63) is 0 Å². The molecule has 0 heterocycles. The van der Waals surface area contributed by atoms with Gasteiger partial charge in [0.2, 0.25) is 0 Å². The maximum absolute atomic E-state index is 1.67. The van der Waals surface area contributed by atoms with Gasteiger partial charge < -0.3 is 0 Å². The minimum Gasteiger partial charge on any atom is -0.0499 e. The smallest absolute Gasteiger partial charge is 0.0207 e. The predicted octanol–water partition coefficient (Wildman–Crippen LogP) is 4.00. The minimum atomic E-state index is 0.910. The first-order chi connectivity index (χ1) is 7.32. The summed E-state index contributed by atoms with van der Waals surface area (Å²) in [4.78, 5) is 0. The third-order valence-electron chi connectivity index (χ3n) is 7.66. The fourth-order valence-electron chi connectivity index (χ4n) is 7.47. The van der Waals surface area contributed by atoms with Gasteiger partial charge in [0.25, 0.3) is 0 Å². The van der Waals surface area contributed by atoms with Crippen LogP contribution in [0.3, 0.4) is 0 Å². The molecule has 6 unspecified atom stereocenters. The van der Waals surface area contributed by atoms with E-state index in [2.05, 4.69) is 0 Å². The Morgan fingerprint density at radius 2 is 1.20 bits per heavy atom. The molecule has 5 rings (SSSR count). The predicted molar refractivity (Wildman–Crippen MR) is 60.4 cm³/mol. The van der Waals surface area contributed by atoms with Crippen LogP contribution >= 0.6 is 0 Å². The molecule has 0 aromatic rings. The van der Waals surface area contributed by atoms with Gasteiger partial charge in [0.15, 0.2) is 0 Å². The fraction of sp³-hybridized carbons (Fsp3) is 1.00. The lowest BCUT2D eigenvalue weighted by molar-refractivity contribution is 0.0400. The summed E-state index contributed by atoms with van der Waals surface area (Å²) in [5.41, 5.74) is 1.82. The van der Waals surface area contributed by atoms with E-state index in [0.29, 0.717) is 0 Å². The van der Waals surface area contributed by atoms with Crippen LogP contribution in [0.2, 0.25) is 0 Å². The summed E-state index contributed by atoms with van der Waals surface area (Å²) >= 11 is 0. The monoisotopic (exact) mass is 202 g/mol. The molecule has 4 bridgehead atoms. The SMILES string of the molecule is C1CC23CC1CC2CC1CC2CCC13C2. The van der Waals surface area contributed by atoms with Crippen molar-refractivity contribution in [3.63, 3.8) is 0 Å². The summed E-state index contributed by atoms with van der Waals surface area (Å²) in [5, 5.41) is 0. The quantitative estimate of drug-likeness (QED) is 0.557. The molecule has 0 heteroatoms. The normalized spacial score (nSPS) is 68.8. The van der Waals surface area contributed by atoms with Crippen molar-refractivity contribution in [3.8, 4) is 0 Å². The van der Waals surface area contributed by atoms with Gasteiger partial charge in [-0.05, 0) is 92.3 Å². The molecule has 0 aliphatic heterocycles. The largest absolute Gasteiger partial charge is 0.0499 e. The molecular formula is C15H22. The Morgan fingerprint density at radius 1 is 0.667 bits per heavy atom. The zero-order valence-electron chi connectivity index (χ0n) is 9.67. The number of hydrogen-bond acceptors (Lipinski definition) is 0. The summed E-state index contributed by atoms with van der Waals surface area (Å²) in [6, 6.07) is 0. The topological polar surface area (TPSA) is 0 Å². The minimum absolute atomic E-state index is 0.910. The Hall–Kier alpha value is 0. The zero-order chi connectivity index (χ0) is 9.67. The maximum Gasteiger partial charge on any atom is -0.0207 e. The van der Waals surface area contributed by atoms with E-state index >= 15 is 0 Å². The third-order valence-corrected chi connectivity index (χ3v) is 7.66. The van der Waals surface area contributed by atoms with E-state index in [-0.39, 0.29) is 0 Å². The van der Waals surface area contributed by atoms with Crippen LogP contribution in [-0.4, -0.2) is 0 Å². The van der Waals surface area contributed by atoms with Gasteiger partial charge in [-0.15, -0.1) is 0 Å². The number of rotatable bonds is 0. The Morgan fingerprint density at radius 3 is 1.67 bits per heavy atom. The Balaban J connectivity index is 1.71. The van der Waals surface area contributed by atoms with Crippen LogP contribution in [0.4, 0.5) is 0 Å². The molecule has 0 aromatic heterocycles. The highest BCUT2D eigenvalue weighted by Crippen LogP contribution is 2.81. The fourth-order valence-corrected chi connectivity index (χ4v) is 7.47. The Kier molecular flexibility index (Phi) is 1.18. The van der Waals surface area contributed by atoms with Crippen LogP contribution in [0.5, 0.6) is 0 Å². The van der Waals surface area contributed by atoms with Crippen molar-refractivity contribution in [2.45, 2.75) is 57.8 Å². The molecule has 5 aliphatic rings. The molecule has 5 aliphatic carbocycles. The molecule has 0 radical (unpaired) electrons. The van der Waals surface area contributed by atoms with Gasteiger partial charge in [0, 0.05) is 0 Å². The second kappa shape index (κ2) is 2.17. The first kappa shape index (κ1) is 8.14. The molecule has 6 atom stereocenters. The van der Waals surface area contributed by atoms with Gasteiger partial charge >= 0.3 is 0 Å². The van der Waals surface area contributed by atoms with Gasteiger partial charge in [-0.25, -0.2) is 0 Å². The first-order valence-electron chi connectivity index (χ1n) is 7.32.